The topological polar surface area (TPSA) is 119 Å². The number of nitrogens with one attached hydrogen (secondary N) is 1. The summed E-state index contributed by atoms with van der Waals surface area (Å²) in [7, 11) is 1.98. The van der Waals surface area contributed by atoms with Crippen molar-refractivity contribution < 1.29 is 42.0 Å². The van der Waals surface area contributed by atoms with Gasteiger partial charge >= 0.3 is 5.97 Å². The lowest BCUT2D eigenvalue weighted by atomic mass is 9.79. The van der Waals surface area contributed by atoms with Gasteiger partial charge in [-0.25, -0.2) is 4.79 Å². The van der Waals surface area contributed by atoms with E-state index in [0.29, 0.717) is 6.54 Å². The van der Waals surface area contributed by atoms with E-state index in [1.165, 1.54) is 10.6 Å². The van der Waals surface area contributed by atoms with Crippen LogP contribution in [0.3, 0.4) is 0 Å². The quantitative estimate of drug-likeness (QED) is 0.222. The molecule has 4 heterocycles. The molecule has 11 heteroatoms. The Labute approximate surface area is 197 Å². The molecule has 2 unspecified atom stereocenters. The fraction of sp³-hybridized carbons (Fsp3) is 0.667. The number of halogens is 1. The van der Waals surface area contributed by atoms with Crippen LogP contribution in [0.25, 0.3) is 0 Å². The molecule has 0 spiro atoms. The van der Waals surface area contributed by atoms with Crippen molar-refractivity contribution in [2.45, 2.75) is 56.7 Å². The van der Waals surface area contributed by atoms with Gasteiger partial charge in [0.1, 0.15) is 12.3 Å². The van der Waals surface area contributed by atoms with Gasteiger partial charge < -0.3 is 37.9 Å². The molecule has 4 rings (SSSR count). The Morgan fingerprint density at radius 3 is 2.78 bits per heavy atom. The first-order valence-corrected chi connectivity index (χ1v) is 11.7. The van der Waals surface area contributed by atoms with Crippen molar-refractivity contribution in [3.63, 3.8) is 0 Å². The van der Waals surface area contributed by atoms with Crippen LogP contribution in [0.1, 0.15) is 26.0 Å². The predicted molar refractivity (Wildman–Crippen MR) is 114 cm³/mol. The minimum Gasteiger partial charge on any atom is -1.00 e. The molecular formula is C21H31ClN4O5S. The normalized spacial score (nSPS) is 30.2. The number of aliphatic carboxylic acids is 1. The summed E-state index contributed by atoms with van der Waals surface area (Å²) in [5, 5.41) is 32.7. The fourth-order valence-corrected chi connectivity index (χ4v) is 6.73. The van der Waals surface area contributed by atoms with Crippen LogP contribution < -0.4 is 22.4 Å². The molecule has 9 nitrogen and oxygen atoms in total. The molecule has 0 aromatic carbocycles. The fourth-order valence-electron chi connectivity index (χ4n) is 5.21. The van der Waals surface area contributed by atoms with Gasteiger partial charge in [0, 0.05) is 41.1 Å². The molecule has 1 aromatic heterocycles. The van der Waals surface area contributed by atoms with E-state index in [4.69, 9.17) is 5.11 Å². The Kier molecular flexibility index (Phi) is 7.61. The third-order valence-corrected chi connectivity index (χ3v) is 8.32. The monoisotopic (exact) mass is 486 g/mol. The van der Waals surface area contributed by atoms with E-state index in [0.717, 1.165) is 24.3 Å². The zero-order chi connectivity index (χ0) is 22.4. The number of hydrogen-bond acceptors (Lipinski definition) is 6. The van der Waals surface area contributed by atoms with Crippen LogP contribution in [-0.4, -0.2) is 73.4 Å². The van der Waals surface area contributed by atoms with Crippen LogP contribution in [0.4, 0.5) is 0 Å². The van der Waals surface area contributed by atoms with Crippen molar-refractivity contribution in [2.24, 2.45) is 18.9 Å². The second-order valence-electron chi connectivity index (χ2n) is 8.77. The first-order valence-electron chi connectivity index (χ1n) is 10.8. The highest BCUT2D eigenvalue weighted by atomic mass is 35.5. The average molecular weight is 487 g/mol. The van der Waals surface area contributed by atoms with Crippen LogP contribution >= 0.6 is 11.8 Å². The van der Waals surface area contributed by atoms with Crippen LogP contribution in [-0.2, 0) is 29.6 Å². The summed E-state index contributed by atoms with van der Waals surface area (Å²) in [4.78, 5) is 26.6. The van der Waals surface area contributed by atoms with Crippen molar-refractivity contribution in [3.05, 3.63) is 28.6 Å². The Morgan fingerprint density at radius 2 is 2.16 bits per heavy atom. The zero-order valence-corrected chi connectivity index (χ0v) is 20.0. The van der Waals surface area contributed by atoms with Gasteiger partial charge in [0.05, 0.1) is 30.8 Å². The molecule has 0 radical (unpaired) electrons. The van der Waals surface area contributed by atoms with Gasteiger partial charge in [-0.2, -0.15) is 4.68 Å². The molecule has 6 atom stereocenters. The minimum atomic E-state index is -1.08. The second kappa shape index (κ2) is 9.72. The van der Waals surface area contributed by atoms with Gasteiger partial charge in [-0.3, -0.25) is 4.79 Å². The second-order valence-corrected chi connectivity index (χ2v) is 10.1. The number of carboxylic acids is 1. The van der Waals surface area contributed by atoms with Gasteiger partial charge in [-0.1, -0.05) is 6.92 Å². The Hall–Kier alpha value is -1.59. The van der Waals surface area contributed by atoms with Crippen LogP contribution in [0, 0.1) is 11.8 Å². The molecule has 0 bridgehead atoms. The van der Waals surface area contributed by atoms with Gasteiger partial charge in [0.25, 0.3) is 0 Å². The molecule has 1 aromatic rings. The highest BCUT2D eigenvalue weighted by molar-refractivity contribution is 8.03. The van der Waals surface area contributed by atoms with Gasteiger partial charge in [0.2, 0.25) is 5.91 Å². The molecule has 0 aliphatic carbocycles. The zero-order valence-electron chi connectivity index (χ0n) is 18.4. The summed E-state index contributed by atoms with van der Waals surface area (Å²) in [6.45, 7) is 4.98. The number of aromatic nitrogens is 2. The summed E-state index contributed by atoms with van der Waals surface area (Å²) in [6.07, 6.45) is 2.93. The van der Waals surface area contributed by atoms with Crippen molar-refractivity contribution in [1.82, 2.24) is 14.9 Å². The maximum Gasteiger partial charge on any atom is 0.353 e. The van der Waals surface area contributed by atoms with Crippen LogP contribution in [0.5, 0.6) is 0 Å². The average Bonchev–Trinajstić information content (AvgIpc) is 3.35. The lowest BCUT2D eigenvalue weighted by molar-refractivity contribution is -0.774. The van der Waals surface area contributed by atoms with Crippen molar-refractivity contribution in [3.8, 4) is 0 Å². The Balaban J connectivity index is 0.00000289. The number of aliphatic hydroxyl groups excluding tert-OH is 2. The molecule has 2 saturated heterocycles. The van der Waals surface area contributed by atoms with E-state index < -0.39 is 18.0 Å². The lowest BCUT2D eigenvalue weighted by Gasteiger charge is -2.46. The molecule has 3 aliphatic heterocycles. The van der Waals surface area contributed by atoms with Crippen molar-refractivity contribution in [2.75, 3.05) is 13.2 Å². The van der Waals surface area contributed by atoms with E-state index in [9.17, 15) is 19.8 Å². The number of nitrogens with zero attached hydrogens (tertiary/aromatic N) is 3. The van der Waals surface area contributed by atoms with Gasteiger partial charge in [-0.15, -0.1) is 16.4 Å². The summed E-state index contributed by atoms with van der Waals surface area (Å²) in [6, 6.07) is 2.08. The maximum absolute atomic E-state index is 12.5. The molecular weight excluding hydrogens is 456 g/mol. The number of carboxylic acid groups (broad SMARTS) is 1. The maximum atomic E-state index is 12.5. The van der Waals surface area contributed by atoms with Crippen molar-refractivity contribution >= 4 is 23.6 Å². The number of rotatable bonds is 8. The third kappa shape index (κ3) is 4.19. The molecule has 1 amide bonds. The van der Waals surface area contributed by atoms with E-state index >= 15 is 0 Å². The lowest BCUT2D eigenvalue weighted by Crippen LogP contribution is -3.00. The highest BCUT2D eigenvalue weighted by Crippen LogP contribution is 2.51. The molecule has 32 heavy (non-hydrogen) atoms. The number of aliphatic hydroxyl groups is 2. The van der Waals surface area contributed by atoms with E-state index in [1.807, 2.05) is 24.9 Å². The highest BCUT2D eigenvalue weighted by Gasteiger charge is 2.60. The summed E-state index contributed by atoms with van der Waals surface area (Å²) < 4.78 is 4.02. The summed E-state index contributed by atoms with van der Waals surface area (Å²) >= 11 is 1.57. The number of thioether (sulfide) groups is 1. The largest absolute Gasteiger partial charge is 1.00 e. The number of carbonyl (C=O) groups excluding carboxylic acids is 1. The predicted octanol–water partition coefficient (Wildman–Crippen LogP) is -3.53. The Bertz CT molecular complexity index is 920. The van der Waals surface area contributed by atoms with Crippen molar-refractivity contribution in [1.29, 1.82) is 0 Å². The van der Waals surface area contributed by atoms with Gasteiger partial charge in [0.15, 0.2) is 12.7 Å². The minimum absolute atomic E-state index is 0. The number of carbonyl (C=O) groups is 2. The molecule has 2 fully saturated rings. The molecule has 178 valence electrons. The van der Waals surface area contributed by atoms with Gasteiger partial charge in [-0.05, 0) is 13.3 Å². The van der Waals surface area contributed by atoms with Crippen LogP contribution in [0.2, 0.25) is 0 Å². The number of hydrogen-bond donors (Lipinski definition) is 4. The van der Waals surface area contributed by atoms with Crippen LogP contribution in [0.15, 0.2) is 22.9 Å². The molecule has 4 N–H and O–H groups in total. The Morgan fingerprint density at radius 1 is 1.44 bits per heavy atom. The van der Waals surface area contributed by atoms with E-state index in [1.54, 1.807) is 18.7 Å². The standard InChI is InChI=1S/C21H30N4O5S.ClH/c1-11-17-16(12(2)27)20(28)25(17)18(21(29)30)19(11)31-15-9-13(22-10-15)8-14-4-5-24(6-7-26)23(14)3;/h4-5,11-13,15-17,22,26-27H,6-10H2,1-3H3;1H/t11-,12-,13-,15+,16?,17?;/m1./s1. The van der Waals surface area contributed by atoms with E-state index in [-0.39, 0.29) is 53.9 Å². The molecule has 0 saturated carbocycles. The number of amides is 1. The first kappa shape index (κ1) is 25.0. The number of β-lactam (4-membered cyclic amide) rings is 1. The molecule has 3 aliphatic rings. The van der Waals surface area contributed by atoms with E-state index in [2.05, 4.69) is 16.1 Å². The summed E-state index contributed by atoms with van der Waals surface area (Å²) in [5.41, 5.74) is 1.27. The summed E-state index contributed by atoms with van der Waals surface area (Å²) in [5.74, 6) is -1.99. The smallest absolute Gasteiger partial charge is 0.353 e. The first-order chi connectivity index (χ1) is 14.7. The number of fused-ring (bicyclic) bond motifs is 1. The third-order valence-electron chi connectivity index (χ3n) is 6.81. The SMILES string of the molecule is C[C@@H](O)C1C(=O)N2C(C(=O)O)=C(S[C@@H]3CN[C@H](Cc4cc[n+](CCO)n4C)C3)[C@H](C)C12.[Cl-].